The molecule has 2 rings (SSSR count). The Morgan fingerprint density at radius 3 is 2.90 bits per heavy atom. The lowest BCUT2D eigenvalue weighted by Gasteiger charge is -2.12. The molecule has 0 radical (unpaired) electrons. The molecule has 1 aliphatic rings. The number of fused-ring (bicyclic) bond motifs is 1. The summed E-state index contributed by atoms with van der Waals surface area (Å²) in [6.07, 6.45) is 3.31. The number of hydrogen-bond donors (Lipinski definition) is 2. The molecule has 1 heterocycles. The number of aliphatic hydroxyl groups excluding tert-OH is 1. The average Bonchev–Trinajstić information content (AvgIpc) is 2.89. The van der Waals surface area contributed by atoms with Crippen molar-refractivity contribution in [2.45, 2.75) is 26.4 Å². The van der Waals surface area contributed by atoms with E-state index in [-0.39, 0.29) is 19.2 Å². The summed E-state index contributed by atoms with van der Waals surface area (Å²) >= 11 is 0. The van der Waals surface area contributed by atoms with E-state index in [9.17, 15) is 9.90 Å². The van der Waals surface area contributed by atoms with Crippen LogP contribution in [0.5, 0.6) is 11.5 Å². The molecule has 0 bridgehead atoms. The molecule has 1 aromatic rings. The van der Waals surface area contributed by atoms with Crippen LogP contribution in [0.2, 0.25) is 0 Å². The van der Waals surface area contributed by atoms with Gasteiger partial charge in [0.25, 0.3) is 0 Å². The zero-order valence-corrected chi connectivity index (χ0v) is 12.3. The zero-order valence-electron chi connectivity index (χ0n) is 12.3. The van der Waals surface area contributed by atoms with Gasteiger partial charge in [0.05, 0.1) is 6.10 Å². The molecule has 1 amide bonds. The summed E-state index contributed by atoms with van der Waals surface area (Å²) in [5.74, 6) is 1.58. The number of ether oxygens (including phenoxy) is 2. The fourth-order valence-electron chi connectivity index (χ4n) is 2.09. The summed E-state index contributed by atoms with van der Waals surface area (Å²) in [5, 5.41) is 12.4. The van der Waals surface area contributed by atoms with Gasteiger partial charge in [-0.2, -0.15) is 0 Å². The maximum atomic E-state index is 11.7. The molecule has 1 aromatic carbocycles. The third kappa shape index (κ3) is 4.79. The third-order valence-electron chi connectivity index (χ3n) is 3.08. The molecule has 5 nitrogen and oxygen atoms in total. The molecule has 1 unspecified atom stereocenters. The number of hydrogen-bond acceptors (Lipinski definition) is 4. The van der Waals surface area contributed by atoms with E-state index in [0.29, 0.717) is 23.8 Å². The minimum atomic E-state index is -0.507. The van der Waals surface area contributed by atoms with Gasteiger partial charge in [-0.3, -0.25) is 4.79 Å². The predicted octanol–water partition coefficient (Wildman–Crippen LogP) is 1.95. The van der Waals surface area contributed by atoms with Crippen LogP contribution < -0.4 is 14.8 Å². The Kier molecular flexibility index (Phi) is 5.22. The lowest BCUT2D eigenvalue weighted by atomic mass is 10.1. The van der Waals surface area contributed by atoms with Crippen LogP contribution in [0, 0.1) is 5.92 Å². The van der Waals surface area contributed by atoms with Crippen molar-refractivity contribution in [3.63, 3.8) is 0 Å². The number of aliphatic hydroxyl groups is 1. The molecule has 0 fully saturated rings. The highest BCUT2D eigenvalue weighted by atomic mass is 16.7. The van der Waals surface area contributed by atoms with E-state index >= 15 is 0 Å². The Morgan fingerprint density at radius 2 is 2.14 bits per heavy atom. The first-order valence-electron chi connectivity index (χ1n) is 7.08. The van der Waals surface area contributed by atoms with Gasteiger partial charge in [0.2, 0.25) is 12.7 Å². The summed E-state index contributed by atoms with van der Waals surface area (Å²) in [7, 11) is 0. The molecular formula is C16H21NO4. The normalized spacial score (nSPS) is 14.7. The Balaban J connectivity index is 1.82. The van der Waals surface area contributed by atoms with E-state index in [2.05, 4.69) is 5.32 Å². The van der Waals surface area contributed by atoms with Crippen LogP contribution in [0.4, 0.5) is 0 Å². The minimum absolute atomic E-state index is 0.226. The largest absolute Gasteiger partial charge is 0.454 e. The first kappa shape index (κ1) is 15.4. The second-order valence-electron chi connectivity index (χ2n) is 5.47. The number of carbonyl (C=O) groups excluding carboxylic acids is 1. The van der Waals surface area contributed by atoms with E-state index in [0.717, 1.165) is 5.56 Å². The van der Waals surface area contributed by atoms with Crippen molar-refractivity contribution < 1.29 is 19.4 Å². The molecule has 1 aliphatic heterocycles. The van der Waals surface area contributed by atoms with Crippen LogP contribution in [0.25, 0.3) is 6.08 Å². The Morgan fingerprint density at radius 1 is 1.38 bits per heavy atom. The number of rotatable bonds is 6. The van der Waals surface area contributed by atoms with Gasteiger partial charge in [0.15, 0.2) is 11.5 Å². The summed E-state index contributed by atoms with van der Waals surface area (Å²) in [5.41, 5.74) is 0.858. The SMILES string of the molecule is CC(C)CC(O)CNC(=O)/C=C/c1ccc2c(c1)OCO2. The maximum absolute atomic E-state index is 11.7. The van der Waals surface area contributed by atoms with Crippen LogP contribution in [-0.4, -0.2) is 30.5 Å². The molecular weight excluding hydrogens is 270 g/mol. The molecule has 5 heteroatoms. The van der Waals surface area contributed by atoms with Gasteiger partial charge in [-0.05, 0) is 36.1 Å². The van der Waals surface area contributed by atoms with Gasteiger partial charge in [-0.15, -0.1) is 0 Å². The minimum Gasteiger partial charge on any atom is -0.454 e. The van der Waals surface area contributed by atoms with Gasteiger partial charge in [-0.25, -0.2) is 0 Å². The van der Waals surface area contributed by atoms with Crippen molar-refractivity contribution in [1.29, 1.82) is 0 Å². The molecule has 2 N–H and O–H groups in total. The highest BCUT2D eigenvalue weighted by Crippen LogP contribution is 2.32. The van der Waals surface area contributed by atoms with Gasteiger partial charge in [-0.1, -0.05) is 19.9 Å². The monoisotopic (exact) mass is 291 g/mol. The first-order valence-corrected chi connectivity index (χ1v) is 7.08. The first-order chi connectivity index (χ1) is 10.0. The third-order valence-corrected chi connectivity index (χ3v) is 3.08. The van der Waals surface area contributed by atoms with E-state index in [1.54, 1.807) is 6.08 Å². The fourth-order valence-corrected chi connectivity index (χ4v) is 2.09. The van der Waals surface area contributed by atoms with Gasteiger partial charge < -0.3 is 19.9 Å². The van der Waals surface area contributed by atoms with Gasteiger partial charge in [0, 0.05) is 12.6 Å². The molecule has 0 saturated heterocycles. The Labute approximate surface area is 124 Å². The standard InChI is InChI=1S/C16H21NO4/c1-11(2)7-13(18)9-17-16(19)6-4-12-3-5-14-15(8-12)21-10-20-14/h3-6,8,11,13,18H,7,9-10H2,1-2H3,(H,17,19)/b6-4+. The second kappa shape index (κ2) is 7.13. The lowest BCUT2D eigenvalue weighted by Crippen LogP contribution is -2.31. The molecule has 0 spiro atoms. The smallest absolute Gasteiger partial charge is 0.244 e. The Hall–Kier alpha value is -2.01. The molecule has 0 saturated carbocycles. The van der Waals surface area contributed by atoms with Crippen molar-refractivity contribution in [1.82, 2.24) is 5.32 Å². The second-order valence-corrected chi connectivity index (χ2v) is 5.47. The highest BCUT2D eigenvalue weighted by molar-refractivity contribution is 5.91. The summed E-state index contributed by atoms with van der Waals surface area (Å²) < 4.78 is 10.5. The van der Waals surface area contributed by atoms with E-state index < -0.39 is 6.10 Å². The molecule has 1 atom stereocenters. The summed E-state index contributed by atoms with van der Waals surface area (Å²) in [4.78, 5) is 11.7. The van der Waals surface area contributed by atoms with Crippen LogP contribution in [0.3, 0.4) is 0 Å². The van der Waals surface area contributed by atoms with Crippen molar-refractivity contribution >= 4 is 12.0 Å². The molecule has 0 aromatic heterocycles. The number of nitrogens with one attached hydrogen (secondary N) is 1. The topological polar surface area (TPSA) is 67.8 Å². The van der Waals surface area contributed by atoms with Crippen LogP contribution in [0.1, 0.15) is 25.8 Å². The van der Waals surface area contributed by atoms with Gasteiger partial charge >= 0.3 is 0 Å². The van der Waals surface area contributed by atoms with Crippen molar-refractivity contribution in [3.8, 4) is 11.5 Å². The number of amides is 1. The van der Waals surface area contributed by atoms with Crippen molar-refractivity contribution in [2.75, 3.05) is 13.3 Å². The quantitative estimate of drug-likeness (QED) is 0.786. The van der Waals surface area contributed by atoms with Gasteiger partial charge in [0.1, 0.15) is 0 Å². The Bertz CT molecular complexity index is 525. The van der Waals surface area contributed by atoms with Crippen molar-refractivity contribution in [2.24, 2.45) is 5.92 Å². The maximum Gasteiger partial charge on any atom is 0.244 e. The fraction of sp³-hybridized carbons (Fsp3) is 0.438. The predicted molar refractivity (Wildman–Crippen MR) is 80.1 cm³/mol. The van der Waals surface area contributed by atoms with E-state index in [1.165, 1.54) is 6.08 Å². The van der Waals surface area contributed by atoms with Crippen LogP contribution in [0.15, 0.2) is 24.3 Å². The van der Waals surface area contributed by atoms with E-state index in [4.69, 9.17) is 9.47 Å². The number of carbonyl (C=O) groups is 1. The van der Waals surface area contributed by atoms with Crippen molar-refractivity contribution in [3.05, 3.63) is 29.8 Å². The number of benzene rings is 1. The molecule has 114 valence electrons. The van der Waals surface area contributed by atoms with Crippen LogP contribution >= 0.6 is 0 Å². The molecule has 0 aliphatic carbocycles. The molecule has 21 heavy (non-hydrogen) atoms. The highest BCUT2D eigenvalue weighted by Gasteiger charge is 2.12. The zero-order chi connectivity index (χ0) is 15.2. The lowest BCUT2D eigenvalue weighted by molar-refractivity contribution is -0.116. The summed E-state index contributed by atoms with van der Waals surface area (Å²) in [6.45, 7) is 4.56. The van der Waals surface area contributed by atoms with E-state index in [1.807, 2.05) is 32.0 Å². The van der Waals surface area contributed by atoms with Crippen LogP contribution in [-0.2, 0) is 4.79 Å². The average molecular weight is 291 g/mol. The summed E-state index contributed by atoms with van der Waals surface area (Å²) in [6, 6.07) is 5.48.